The number of aromatic nitrogens is 4. The van der Waals surface area contributed by atoms with E-state index in [9.17, 15) is 18.8 Å². The lowest BCUT2D eigenvalue weighted by Gasteiger charge is -2.16. The fraction of sp³-hybridized carbons (Fsp3) is 0.400. The van der Waals surface area contributed by atoms with Crippen molar-refractivity contribution in [2.24, 2.45) is 5.92 Å². The maximum absolute atomic E-state index is 13.8. The smallest absolute Gasteiger partial charge is 0.337 e. The first-order chi connectivity index (χ1) is 13.8. The predicted octanol–water partition coefficient (Wildman–Crippen LogP) is 2.27. The lowest BCUT2D eigenvalue weighted by molar-refractivity contribution is -0.146. The molecule has 9 heteroatoms. The monoisotopic (exact) mass is 402 g/mol. The Balaban J connectivity index is 2.38. The number of carbonyl (C=O) groups is 1. The molecular weight excluding hydrogens is 379 g/mol. The standard InChI is InChI=1S/C20H23FN4O4/c1-5-29-19(27)13(4)24-11-22-17-16(24)18(26)23(10-12(2)3)20(28)25(17)15-8-6-7-14(21)9-15/h6-9,11-13H,5,10H2,1-4H3. The third kappa shape index (κ3) is 3.72. The van der Waals surface area contributed by atoms with E-state index in [1.54, 1.807) is 19.9 Å². The molecule has 0 aliphatic heterocycles. The summed E-state index contributed by atoms with van der Waals surface area (Å²) >= 11 is 0. The van der Waals surface area contributed by atoms with Crippen LogP contribution in [0.25, 0.3) is 16.9 Å². The van der Waals surface area contributed by atoms with Crippen LogP contribution in [0.1, 0.15) is 33.7 Å². The number of ether oxygens (including phenoxy) is 1. The Bertz CT molecular complexity index is 1180. The van der Waals surface area contributed by atoms with E-state index in [1.165, 1.54) is 33.7 Å². The van der Waals surface area contributed by atoms with Crippen molar-refractivity contribution in [3.8, 4) is 5.69 Å². The maximum Gasteiger partial charge on any atom is 0.337 e. The molecule has 2 heterocycles. The van der Waals surface area contributed by atoms with Gasteiger partial charge in [0.2, 0.25) is 0 Å². The Morgan fingerprint density at radius 1 is 1.24 bits per heavy atom. The number of halogens is 1. The Labute approximate surface area is 166 Å². The van der Waals surface area contributed by atoms with Crippen LogP contribution in [0.2, 0.25) is 0 Å². The van der Waals surface area contributed by atoms with Crippen LogP contribution in [-0.2, 0) is 16.1 Å². The van der Waals surface area contributed by atoms with Crippen molar-refractivity contribution in [1.29, 1.82) is 0 Å². The number of rotatable bonds is 6. The van der Waals surface area contributed by atoms with Crippen LogP contribution in [-0.4, -0.2) is 31.3 Å². The summed E-state index contributed by atoms with van der Waals surface area (Å²) in [6.45, 7) is 7.39. The molecule has 3 rings (SSSR count). The Hall–Kier alpha value is -3.23. The highest BCUT2D eigenvalue weighted by molar-refractivity contribution is 5.79. The van der Waals surface area contributed by atoms with Crippen LogP contribution < -0.4 is 11.2 Å². The molecule has 0 aliphatic carbocycles. The molecule has 0 spiro atoms. The summed E-state index contributed by atoms with van der Waals surface area (Å²) in [6.07, 6.45) is 1.32. The summed E-state index contributed by atoms with van der Waals surface area (Å²) in [5.41, 5.74) is -0.792. The maximum atomic E-state index is 13.8. The molecule has 0 bridgehead atoms. The highest BCUT2D eigenvalue weighted by Crippen LogP contribution is 2.18. The average Bonchev–Trinajstić information content (AvgIpc) is 3.09. The zero-order chi connectivity index (χ0) is 21.3. The number of fused-ring (bicyclic) bond motifs is 1. The zero-order valence-corrected chi connectivity index (χ0v) is 16.8. The summed E-state index contributed by atoms with van der Waals surface area (Å²) in [7, 11) is 0. The second kappa shape index (κ2) is 8.02. The van der Waals surface area contributed by atoms with E-state index in [4.69, 9.17) is 4.74 Å². The number of esters is 1. The van der Waals surface area contributed by atoms with Crippen LogP contribution in [0.15, 0.2) is 40.2 Å². The Morgan fingerprint density at radius 2 is 1.97 bits per heavy atom. The van der Waals surface area contributed by atoms with E-state index in [0.29, 0.717) is 0 Å². The second-order valence-electron chi connectivity index (χ2n) is 7.16. The van der Waals surface area contributed by atoms with Gasteiger partial charge >= 0.3 is 11.7 Å². The molecule has 0 saturated heterocycles. The van der Waals surface area contributed by atoms with Crippen LogP contribution in [0.3, 0.4) is 0 Å². The van der Waals surface area contributed by atoms with Crippen LogP contribution in [0.4, 0.5) is 4.39 Å². The SMILES string of the molecule is CCOC(=O)C(C)n1cnc2c1c(=O)n(CC(C)C)c(=O)n2-c1cccc(F)c1. The van der Waals surface area contributed by atoms with Gasteiger partial charge in [0, 0.05) is 6.54 Å². The first kappa shape index (κ1) is 20.5. The van der Waals surface area contributed by atoms with Gasteiger partial charge in [0.1, 0.15) is 11.9 Å². The van der Waals surface area contributed by atoms with Gasteiger partial charge in [-0.05, 0) is 38.0 Å². The van der Waals surface area contributed by atoms with Crippen LogP contribution >= 0.6 is 0 Å². The lowest BCUT2D eigenvalue weighted by atomic mass is 10.2. The van der Waals surface area contributed by atoms with Crippen LogP contribution in [0, 0.1) is 11.7 Å². The van der Waals surface area contributed by atoms with Gasteiger partial charge in [0.15, 0.2) is 11.2 Å². The molecule has 0 amide bonds. The highest BCUT2D eigenvalue weighted by atomic mass is 19.1. The van der Waals surface area contributed by atoms with E-state index in [-0.39, 0.29) is 35.9 Å². The third-order valence-corrected chi connectivity index (χ3v) is 4.52. The third-order valence-electron chi connectivity index (χ3n) is 4.52. The number of carbonyl (C=O) groups excluding carboxylic acids is 1. The number of nitrogens with zero attached hydrogens (tertiary/aromatic N) is 4. The second-order valence-corrected chi connectivity index (χ2v) is 7.16. The largest absolute Gasteiger partial charge is 0.464 e. The molecule has 1 atom stereocenters. The molecule has 1 aromatic carbocycles. The van der Waals surface area contributed by atoms with Crippen molar-refractivity contribution in [1.82, 2.24) is 18.7 Å². The first-order valence-electron chi connectivity index (χ1n) is 9.41. The van der Waals surface area contributed by atoms with Gasteiger partial charge in [0.05, 0.1) is 18.6 Å². The molecule has 1 unspecified atom stereocenters. The van der Waals surface area contributed by atoms with Crippen molar-refractivity contribution in [3.63, 3.8) is 0 Å². The molecule has 29 heavy (non-hydrogen) atoms. The van der Waals surface area contributed by atoms with Crippen molar-refractivity contribution in [2.45, 2.75) is 40.3 Å². The minimum Gasteiger partial charge on any atom is -0.464 e. The molecular formula is C20H23FN4O4. The van der Waals surface area contributed by atoms with Crippen molar-refractivity contribution in [2.75, 3.05) is 6.61 Å². The lowest BCUT2D eigenvalue weighted by Crippen LogP contribution is -2.41. The predicted molar refractivity (Wildman–Crippen MR) is 106 cm³/mol. The summed E-state index contributed by atoms with van der Waals surface area (Å²) in [5, 5.41) is 0. The van der Waals surface area contributed by atoms with Gasteiger partial charge in [-0.1, -0.05) is 19.9 Å². The summed E-state index contributed by atoms with van der Waals surface area (Å²) in [5.74, 6) is -1.04. The molecule has 0 saturated carbocycles. The number of hydrogen-bond acceptors (Lipinski definition) is 5. The van der Waals surface area contributed by atoms with Gasteiger partial charge in [-0.25, -0.2) is 23.5 Å². The highest BCUT2D eigenvalue weighted by Gasteiger charge is 2.25. The van der Waals surface area contributed by atoms with Gasteiger partial charge in [-0.2, -0.15) is 0 Å². The molecule has 0 aliphatic rings. The van der Waals surface area contributed by atoms with Crippen molar-refractivity contribution >= 4 is 17.1 Å². The normalized spacial score (nSPS) is 12.5. The van der Waals surface area contributed by atoms with Gasteiger partial charge in [-0.3, -0.25) is 9.36 Å². The fourth-order valence-corrected chi connectivity index (χ4v) is 3.19. The number of hydrogen-bond donors (Lipinski definition) is 0. The quantitative estimate of drug-likeness (QED) is 0.590. The van der Waals surface area contributed by atoms with Crippen molar-refractivity contribution in [3.05, 3.63) is 57.2 Å². The molecule has 3 aromatic rings. The average molecular weight is 402 g/mol. The van der Waals surface area contributed by atoms with Gasteiger partial charge < -0.3 is 9.30 Å². The molecule has 8 nitrogen and oxygen atoms in total. The van der Waals surface area contributed by atoms with E-state index in [1.807, 2.05) is 13.8 Å². The minimum absolute atomic E-state index is 0.0117. The summed E-state index contributed by atoms with van der Waals surface area (Å²) in [4.78, 5) is 42.7. The Kier molecular flexibility index (Phi) is 5.67. The van der Waals surface area contributed by atoms with E-state index in [2.05, 4.69) is 4.98 Å². The van der Waals surface area contributed by atoms with Crippen molar-refractivity contribution < 1.29 is 13.9 Å². The Morgan fingerprint density at radius 3 is 2.59 bits per heavy atom. The van der Waals surface area contributed by atoms with E-state index < -0.39 is 29.1 Å². The first-order valence-corrected chi connectivity index (χ1v) is 9.41. The van der Waals surface area contributed by atoms with E-state index in [0.717, 1.165) is 4.57 Å². The molecule has 2 aromatic heterocycles. The summed E-state index contributed by atoms with van der Waals surface area (Å²) < 4.78 is 22.6. The van der Waals surface area contributed by atoms with E-state index >= 15 is 0 Å². The number of imidazole rings is 1. The topological polar surface area (TPSA) is 88.1 Å². The molecule has 154 valence electrons. The number of benzene rings is 1. The molecule has 0 fully saturated rings. The van der Waals surface area contributed by atoms with Crippen LogP contribution in [0.5, 0.6) is 0 Å². The fourth-order valence-electron chi connectivity index (χ4n) is 3.19. The molecule has 0 N–H and O–H groups in total. The van der Waals surface area contributed by atoms with Gasteiger partial charge in [0.25, 0.3) is 5.56 Å². The minimum atomic E-state index is -0.821. The zero-order valence-electron chi connectivity index (χ0n) is 16.8. The summed E-state index contributed by atoms with van der Waals surface area (Å²) in [6, 6.07) is 4.66. The van der Waals surface area contributed by atoms with Gasteiger partial charge in [-0.15, -0.1) is 0 Å². The molecule has 0 radical (unpaired) electrons.